The highest BCUT2D eigenvalue weighted by Gasteiger charge is 2.25. The molecule has 1 saturated heterocycles. The molecule has 1 unspecified atom stereocenters. The lowest BCUT2D eigenvalue weighted by molar-refractivity contribution is 0.283. The minimum Gasteiger partial charge on any atom is -0.391 e. The monoisotopic (exact) mass is 254 g/mol. The van der Waals surface area contributed by atoms with Crippen molar-refractivity contribution in [2.45, 2.75) is 46.1 Å². The second kappa shape index (κ2) is 5.36. The van der Waals surface area contributed by atoms with Crippen LogP contribution in [0.25, 0.3) is 0 Å². The average molecular weight is 254 g/mol. The van der Waals surface area contributed by atoms with Gasteiger partial charge >= 0.3 is 0 Å². The number of hydrogen-bond donors (Lipinski definition) is 1. The van der Waals surface area contributed by atoms with E-state index in [1.54, 1.807) is 11.3 Å². The van der Waals surface area contributed by atoms with E-state index in [-0.39, 0.29) is 6.61 Å². The summed E-state index contributed by atoms with van der Waals surface area (Å²) in [7, 11) is 0. The predicted octanol–water partition coefficient (Wildman–Crippen LogP) is 3.00. The maximum Gasteiger partial charge on any atom is 0.185 e. The summed E-state index contributed by atoms with van der Waals surface area (Å²) in [5, 5.41) is 10.5. The van der Waals surface area contributed by atoms with Gasteiger partial charge in [0.1, 0.15) is 0 Å². The Labute approximate surface area is 107 Å². The van der Waals surface area contributed by atoms with Crippen molar-refractivity contribution in [3.63, 3.8) is 0 Å². The molecule has 96 valence electrons. The molecule has 0 aromatic carbocycles. The fraction of sp³-hybridized carbons (Fsp3) is 0.769. The maximum absolute atomic E-state index is 9.37. The van der Waals surface area contributed by atoms with Crippen molar-refractivity contribution in [1.82, 2.24) is 4.98 Å². The molecule has 1 aliphatic rings. The molecule has 17 heavy (non-hydrogen) atoms. The van der Waals surface area contributed by atoms with Gasteiger partial charge in [0.2, 0.25) is 0 Å². The highest BCUT2D eigenvalue weighted by Crippen LogP contribution is 2.33. The number of nitrogens with zero attached hydrogens (tertiary/aromatic N) is 2. The van der Waals surface area contributed by atoms with E-state index >= 15 is 0 Å². The highest BCUT2D eigenvalue weighted by molar-refractivity contribution is 7.15. The van der Waals surface area contributed by atoms with Crippen LogP contribution in [0.5, 0.6) is 0 Å². The molecule has 3 nitrogen and oxygen atoms in total. The van der Waals surface area contributed by atoms with Crippen molar-refractivity contribution in [2.24, 2.45) is 5.92 Å². The van der Waals surface area contributed by atoms with Gasteiger partial charge in [-0.25, -0.2) is 4.98 Å². The maximum atomic E-state index is 9.37. The molecule has 0 bridgehead atoms. The number of thiazole rings is 1. The zero-order valence-corrected chi connectivity index (χ0v) is 11.8. The number of rotatable bonds is 4. The molecule has 1 aromatic rings. The molecular weight excluding hydrogens is 232 g/mol. The second-order valence-electron chi connectivity index (χ2n) is 5.13. The first-order valence-electron chi connectivity index (χ1n) is 6.51. The lowest BCUT2D eigenvalue weighted by Crippen LogP contribution is -2.19. The summed E-state index contributed by atoms with van der Waals surface area (Å²) >= 11 is 1.66. The Balaban J connectivity index is 2.17. The summed E-state index contributed by atoms with van der Waals surface area (Å²) in [6.45, 7) is 8.90. The first-order valence-corrected chi connectivity index (χ1v) is 7.32. The van der Waals surface area contributed by atoms with Gasteiger partial charge in [-0.1, -0.05) is 38.5 Å². The molecule has 0 aliphatic carbocycles. The summed E-state index contributed by atoms with van der Waals surface area (Å²) in [4.78, 5) is 8.13. The molecule has 1 aliphatic heterocycles. The van der Waals surface area contributed by atoms with Crippen molar-refractivity contribution in [3.8, 4) is 0 Å². The van der Waals surface area contributed by atoms with Crippen LogP contribution in [0.1, 0.15) is 50.1 Å². The molecule has 0 saturated carbocycles. The lowest BCUT2D eigenvalue weighted by atomic mass is 10.1. The van der Waals surface area contributed by atoms with E-state index < -0.39 is 0 Å². The third-order valence-electron chi connectivity index (χ3n) is 3.54. The first-order chi connectivity index (χ1) is 8.15. The Morgan fingerprint density at radius 2 is 2.29 bits per heavy atom. The van der Waals surface area contributed by atoms with Gasteiger partial charge in [-0.3, -0.25) is 0 Å². The molecule has 1 fully saturated rings. The third kappa shape index (κ3) is 2.63. The summed E-state index contributed by atoms with van der Waals surface area (Å²) in [6.07, 6.45) is 2.54. The van der Waals surface area contributed by atoms with Crippen LogP contribution in [-0.4, -0.2) is 23.2 Å². The number of aliphatic hydroxyl groups excluding tert-OH is 1. The Morgan fingerprint density at radius 3 is 2.76 bits per heavy atom. The van der Waals surface area contributed by atoms with Crippen LogP contribution < -0.4 is 4.90 Å². The predicted molar refractivity (Wildman–Crippen MR) is 72.7 cm³/mol. The molecule has 0 spiro atoms. The SMILES string of the molecule is CCC1CCN(c2nc(C(C)C)c(CO)s2)C1. The van der Waals surface area contributed by atoms with E-state index in [2.05, 4.69) is 25.7 Å². The van der Waals surface area contributed by atoms with Crippen LogP contribution in [-0.2, 0) is 6.61 Å². The van der Waals surface area contributed by atoms with Crippen molar-refractivity contribution >= 4 is 16.5 Å². The molecule has 0 radical (unpaired) electrons. The van der Waals surface area contributed by atoms with Crippen LogP contribution in [0.2, 0.25) is 0 Å². The van der Waals surface area contributed by atoms with E-state index in [9.17, 15) is 5.11 Å². The summed E-state index contributed by atoms with van der Waals surface area (Å²) in [6, 6.07) is 0. The van der Waals surface area contributed by atoms with Crippen LogP contribution in [0.3, 0.4) is 0 Å². The Hall–Kier alpha value is -0.610. The largest absolute Gasteiger partial charge is 0.391 e. The van der Waals surface area contributed by atoms with Crippen molar-refractivity contribution < 1.29 is 5.11 Å². The van der Waals surface area contributed by atoms with E-state index in [1.807, 2.05) is 0 Å². The molecular formula is C13H22N2OS. The fourth-order valence-corrected chi connectivity index (χ4v) is 3.50. The number of aromatic nitrogens is 1. The zero-order chi connectivity index (χ0) is 12.4. The Morgan fingerprint density at radius 1 is 1.53 bits per heavy atom. The smallest absolute Gasteiger partial charge is 0.185 e. The van der Waals surface area contributed by atoms with E-state index in [1.165, 1.54) is 12.8 Å². The van der Waals surface area contributed by atoms with E-state index in [0.29, 0.717) is 5.92 Å². The van der Waals surface area contributed by atoms with Gasteiger partial charge < -0.3 is 10.0 Å². The van der Waals surface area contributed by atoms with Crippen LogP contribution >= 0.6 is 11.3 Å². The average Bonchev–Trinajstić information content (AvgIpc) is 2.94. The third-order valence-corrected chi connectivity index (χ3v) is 4.66. The van der Waals surface area contributed by atoms with Crippen molar-refractivity contribution in [1.29, 1.82) is 0 Å². The van der Waals surface area contributed by atoms with Gasteiger partial charge in [0, 0.05) is 13.1 Å². The first kappa shape index (κ1) is 12.8. The van der Waals surface area contributed by atoms with E-state index in [0.717, 1.165) is 34.7 Å². The molecule has 1 aromatic heterocycles. The zero-order valence-electron chi connectivity index (χ0n) is 10.9. The number of anilines is 1. The molecule has 2 heterocycles. The molecule has 2 rings (SSSR count). The Kier molecular flexibility index (Phi) is 4.05. The van der Waals surface area contributed by atoms with Gasteiger partial charge in [-0.2, -0.15) is 0 Å². The minimum absolute atomic E-state index is 0.121. The van der Waals surface area contributed by atoms with Crippen LogP contribution in [0, 0.1) is 5.92 Å². The Bertz CT molecular complexity index is 375. The van der Waals surface area contributed by atoms with Crippen LogP contribution in [0.15, 0.2) is 0 Å². The van der Waals surface area contributed by atoms with Gasteiger partial charge in [0.25, 0.3) is 0 Å². The summed E-state index contributed by atoms with van der Waals surface area (Å²) in [5.41, 5.74) is 1.08. The molecule has 4 heteroatoms. The minimum atomic E-state index is 0.121. The lowest BCUT2D eigenvalue weighted by Gasteiger charge is -2.14. The normalized spacial score (nSPS) is 20.5. The molecule has 0 amide bonds. The van der Waals surface area contributed by atoms with Gasteiger partial charge in [-0.05, 0) is 18.3 Å². The quantitative estimate of drug-likeness (QED) is 0.897. The van der Waals surface area contributed by atoms with Gasteiger partial charge in [0.05, 0.1) is 17.2 Å². The second-order valence-corrected chi connectivity index (χ2v) is 6.19. The number of hydrogen-bond acceptors (Lipinski definition) is 4. The van der Waals surface area contributed by atoms with Crippen molar-refractivity contribution in [2.75, 3.05) is 18.0 Å². The van der Waals surface area contributed by atoms with Crippen LogP contribution in [0.4, 0.5) is 5.13 Å². The summed E-state index contributed by atoms with van der Waals surface area (Å²) in [5.74, 6) is 1.21. The molecule has 1 N–H and O–H groups in total. The van der Waals surface area contributed by atoms with Gasteiger partial charge in [0.15, 0.2) is 5.13 Å². The van der Waals surface area contributed by atoms with Crippen molar-refractivity contribution in [3.05, 3.63) is 10.6 Å². The molecule has 1 atom stereocenters. The number of aliphatic hydroxyl groups is 1. The van der Waals surface area contributed by atoms with E-state index in [4.69, 9.17) is 4.98 Å². The fourth-order valence-electron chi connectivity index (χ4n) is 2.39. The topological polar surface area (TPSA) is 36.4 Å². The highest BCUT2D eigenvalue weighted by atomic mass is 32.1. The summed E-state index contributed by atoms with van der Waals surface area (Å²) < 4.78 is 0. The standard InChI is InChI=1S/C13H22N2OS/c1-4-10-5-6-15(7-10)13-14-12(9(2)3)11(8-16)17-13/h9-10,16H,4-8H2,1-3H3. The van der Waals surface area contributed by atoms with Gasteiger partial charge in [-0.15, -0.1) is 0 Å².